The molecule has 0 amide bonds. The first-order valence-corrected chi connectivity index (χ1v) is 20.2. The van der Waals surface area contributed by atoms with E-state index in [1.54, 1.807) is 34.3 Å². The second-order valence-corrected chi connectivity index (χ2v) is 19.3. The number of aromatic hydroxyl groups is 1. The van der Waals surface area contributed by atoms with Crippen LogP contribution in [0, 0.1) is 13.8 Å². The lowest BCUT2D eigenvalue weighted by atomic mass is 10.0. The van der Waals surface area contributed by atoms with Crippen LogP contribution in [0.4, 0.5) is 5.82 Å². The molecule has 0 saturated carbocycles. The highest BCUT2D eigenvalue weighted by atomic mass is 28.3. The average molecular weight is 690 g/mol. The van der Waals surface area contributed by atoms with Crippen molar-refractivity contribution in [3.05, 3.63) is 101 Å². The van der Waals surface area contributed by atoms with Crippen molar-refractivity contribution in [1.29, 1.82) is 0 Å². The number of nitrogens with zero attached hydrogens (tertiary/aromatic N) is 8. The Labute approximate surface area is 289 Å². The molecule has 0 aliphatic rings. The predicted molar refractivity (Wildman–Crippen MR) is 194 cm³/mol. The van der Waals surface area contributed by atoms with E-state index in [2.05, 4.69) is 40.1 Å². The second kappa shape index (κ2) is 13.0. The second-order valence-electron chi connectivity index (χ2n) is 13.7. The number of nitrogens with one attached hydrogen (secondary N) is 1. The van der Waals surface area contributed by atoms with Crippen LogP contribution in [0.2, 0.25) is 25.7 Å². The number of aryl methyl sites for hydroxylation is 2. The predicted octanol–water partition coefficient (Wildman–Crippen LogP) is 6.75. The first-order chi connectivity index (χ1) is 24.0. The van der Waals surface area contributed by atoms with Crippen LogP contribution in [0.15, 0.2) is 82.5 Å². The molecule has 13 nitrogen and oxygen atoms in total. The summed E-state index contributed by atoms with van der Waals surface area (Å²) in [5, 5.41) is 28.2. The lowest BCUT2D eigenvalue weighted by Gasteiger charge is -2.20. The largest absolute Gasteiger partial charge is 0.508 e. The van der Waals surface area contributed by atoms with Crippen LogP contribution in [0.25, 0.3) is 44.8 Å². The number of fused-ring (bicyclic) bond motifs is 2. The zero-order valence-electron chi connectivity index (χ0n) is 28.9. The summed E-state index contributed by atoms with van der Waals surface area (Å²) in [6, 6.07) is 17.1. The number of phenolic OH excluding ortho intramolecular Hbond substituents is 1. The van der Waals surface area contributed by atoms with Gasteiger partial charge in [-0.1, -0.05) is 37.8 Å². The zero-order chi connectivity index (χ0) is 35.2. The van der Waals surface area contributed by atoms with Gasteiger partial charge in [0.2, 0.25) is 11.8 Å². The van der Waals surface area contributed by atoms with Gasteiger partial charge < -0.3 is 24.1 Å². The maximum absolute atomic E-state index is 14.0. The Balaban J connectivity index is 1.35. The van der Waals surface area contributed by atoms with Crippen molar-refractivity contribution in [3.63, 3.8) is 0 Å². The molecule has 0 bridgehead atoms. The van der Waals surface area contributed by atoms with Gasteiger partial charge in [0.1, 0.15) is 35.8 Å². The smallest absolute Gasteiger partial charge is 0.282 e. The molecule has 1 atom stereocenters. The number of phenols is 1. The van der Waals surface area contributed by atoms with Crippen molar-refractivity contribution in [2.75, 3.05) is 11.9 Å². The fraction of sp³-hybridized carbons (Fsp3) is 0.278. The number of anilines is 1. The van der Waals surface area contributed by atoms with E-state index < -0.39 is 14.1 Å². The van der Waals surface area contributed by atoms with E-state index in [0.29, 0.717) is 63.4 Å². The molecule has 50 heavy (non-hydrogen) atoms. The summed E-state index contributed by atoms with van der Waals surface area (Å²) in [7, 11) is -1.30. The lowest BCUT2D eigenvalue weighted by Crippen LogP contribution is -2.29. The van der Waals surface area contributed by atoms with Crippen LogP contribution >= 0.6 is 0 Å². The highest BCUT2D eigenvalue weighted by molar-refractivity contribution is 6.76. The normalized spacial score (nSPS) is 12.6. The van der Waals surface area contributed by atoms with E-state index in [4.69, 9.17) is 19.2 Å². The number of benzene rings is 2. The molecule has 0 aliphatic heterocycles. The summed E-state index contributed by atoms with van der Waals surface area (Å²) in [6.45, 7) is 13.4. The number of hydrogen-bond acceptors (Lipinski definition) is 10. The molecule has 0 radical (unpaired) electrons. The van der Waals surface area contributed by atoms with Crippen LogP contribution in [0.1, 0.15) is 30.2 Å². The van der Waals surface area contributed by atoms with Gasteiger partial charge >= 0.3 is 0 Å². The van der Waals surface area contributed by atoms with Gasteiger partial charge in [-0.3, -0.25) is 9.36 Å². The molecular formula is C36H39N9O4Si. The topological polar surface area (TPSA) is 150 Å². The summed E-state index contributed by atoms with van der Waals surface area (Å²) in [5.74, 6) is 1.77. The molecule has 14 heteroatoms. The van der Waals surface area contributed by atoms with Gasteiger partial charge in [0.05, 0.1) is 17.1 Å². The summed E-state index contributed by atoms with van der Waals surface area (Å²) in [4.78, 5) is 23.4. The number of ether oxygens (including phenoxy) is 1. The molecule has 7 rings (SSSR count). The fourth-order valence-electron chi connectivity index (χ4n) is 6.00. The van der Waals surface area contributed by atoms with Crippen LogP contribution < -0.4 is 10.9 Å². The number of rotatable bonds is 11. The average Bonchev–Trinajstić information content (AvgIpc) is 3.80. The molecule has 0 saturated heterocycles. The van der Waals surface area contributed by atoms with Gasteiger partial charge in [-0.05, 0) is 67.4 Å². The number of para-hydroxylation sites is 1. The molecule has 5 aromatic heterocycles. The molecular weight excluding hydrogens is 651 g/mol. The highest BCUT2D eigenvalue weighted by Gasteiger charge is 2.24. The van der Waals surface area contributed by atoms with Crippen molar-refractivity contribution in [2.24, 2.45) is 0 Å². The SMILES string of the molecule is Cc1nnc(-c2cc(O)cc(-c3cn(COCC[Si](C)(C)C)c4ncnc(N[C@@H](C)c5nn6ccc(C)c6c(=O)n5-c5ccccc5)c34)c2)o1. The van der Waals surface area contributed by atoms with Crippen LogP contribution in [0.3, 0.4) is 0 Å². The van der Waals surface area contributed by atoms with Gasteiger partial charge in [-0.2, -0.15) is 5.10 Å². The van der Waals surface area contributed by atoms with Crippen LogP contribution in [-0.2, 0) is 11.5 Å². The first kappa shape index (κ1) is 32.9. The van der Waals surface area contributed by atoms with Crippen molar-refractivity contribution in [2.45, 2.75) is 59.2 Å². The first-order valence-electron chi connectivity index (χ1n) is 16.5. The standard InChI is InChI=1S/C36H39N9O4Si/c1-22-12-13-44-31(22)36(47)45(27-10-8-7-9-11-27)33(42-44)23(2)39-32-30-29(25-16-26(18-28(46)17-25)35-41-40-24(3)49-35)19-43(34(30)38-20-37-32)21-48-14-15-50(4,5)6/h7-13,16-20,23,46H,14-15,21H2,1-6H3,(H,37,38,39)/t23-/m0/s1. The van der Waals surface area contributed by atoms with Crippen molar-refractivity contribution in [3.8, 4) is 34.0 Å². The van der Waals surface area contributed by atoms with Gasteiger partial charge in [0, 0.05) is 45.1 Å². The summed E-state index contributed by atoms with van der Waals surface area (Å²) < 4.78 is 17.1. The van der Waals surface area contributed by atoms with E-state index in [1.807, 2.05) is 67.1 Å². The van der Waals surface area contributed by atoms with Gasteiger partial charge in [-0.25, -0.2) is 14.5 Å². The van der Waals surface area contributed by atoms with E-state index in [1.165, 1.54) is 6.33 Å². The molecule has 0 unspecified atom stereocenters. The molecule has 7 aromatic rings. The number of aromatic nitrogens is 8. The van der Waals surface area contributed by atoms with Crippen molar-refractivity contribution in [1.82, 2.24) is 38.9 Å². The number of hydrogen-bond donors (Lipinski definition) is 2. The Morgan fingerprint density at radius 1 is 1.02 bits per heavy atom. The third-order valence-corrected chi connectivity index (χ3v) is 10.3. The monoisotopic (exact) mass is 689 g/mol. The van der Waals surface area contributed by atoms with E-state index in [9.17, 15) is 9.90 Å². The zero-order valence-corrected chi connectivity index (χ0v) is 29.9. The molecule has 2 N–H and O–H groups in total. The van der Waals surface area contributed by atoms with Gasteiger partial charge in [0.25, 0.3) is 5.56 Å². The van der Waals surface area contributed by atoms with Crippen LogP contribution in [0.5, 0.6) is 5.75 Å². The van der Waals surface area contributed by atoms with E-state index >= 15 is 0 Å². The lowest BCUT2D eigenvalue weighted by molar-refractivity contribution is 0.0899. The Kier molecular flexibility index (Phi) is 8.57. The minimum absolute atomic E-state index is 0.0340. The molecule has 256 valence electrons. The quantitative estimate of drug-likeness (QED) is 0.110. The Morgan fingerprint density at radius 2 is 1.80 bits per heavy atom. The molecule has 0 fully saturated rings. The Morgan fingerprint density at radius 3 is 2.54 bits per heavy atom. The van der Waals surface area contributed by atoms with E-state index in [-0.39, 0.29) is 18.0 Å². The molecule has 2 aromatic carbocycles. The molecule has 0 aliphatic carbocycles. The Bertz CT molecular complexity index is 2390. The van der Waals surface area contributed by atoms with Crippen molar-refractivity contribution < 1.29 is 14.3 Å². The highest BCUT2D eigenvalue weighted by Crippen LogP contribution is 2.38. The molecule has 0 spiro atoms. The minimum atomic E-state index is -1.30. The van der Waals surface area contributed by atoms with Gasteiger partial charge in [-0.15, -0.1) is 10.2 Å². The Hall–Kier alpha value is -5.60. The van der Waals surface area contributed by atoms with Gasteiger partial charge in [0.15, 0.2) is 5.82 Å². The summed E-state index contributed by atoms with van der Waals surface area (Å²) in [6.07, 6.45) is 5.25. The maximum atomic E-state index is 14.0. The summed E-state index contributed by atoms with van der Waals surface area (Å²) >= 11 is 0. The maximum Gasteiger partial charge on any atom is 0.282 e. The fourth-order valence-corrected chi connectivity index (χ4v) is 6.76. The molecule has 5 heterocycles. The van der Waals surface area contributed by atoms with E-state index in [0.717, 1.165) is 17.2 Å². The third kappa shape index (κ3) is 6.42. The summed E-state index contributed by atoms with van der Waals surface area (Å²) in [5.41, 5.74) is 4.54. The van der Waals surface area contributed by atoms with Crippen molar-refractivity contribution >= 4 is 30.4 Å². The minimum Gasteiger partial charge on any atom is -0.508 e. The third-order valence-electron chi connectivity index (χ3n) is 8.55. The van der Waals surface area contributed by atoms with Crippen LogP contribution in [-0.4, -0.2) is 58.7 Å².